The van der Waals surface area contributed by atoms with E-state index in [0.29, 0.717) is 13.1 Å². The van der Waals surface area contributed by atoms with E-state index in [4.69, 9.17) is 4.74 Å². The van der Waals surface area contributed by atoms with E-state index in [1.807, 2.05) is 0 Å². The zero-order chi connectivity index (χ0) is 20.9. The topological polar surface area (TPSA) is 110 Å². The fourth-order valence-electron chi connectivity index (χ4n) is 3.22. The molecule has 0 radical (unpaired) electrons. The Morgan fingerprint density at radius 3 is 2.39 bits per heavy atom. The first-order valence-electron chi connectivity index (χ1n) is 9.46. The molecule has 10 heteroatoms. The average Bonchev–Trinajstić information content (AvgIpc) is 2.68. The summed E-state index contributed by atoms with van der Waals surface area (Å²) in [5.74, 6) is -0.352. The summed E-state index contributed by atoms with van der Waals surface area (Å²) in [5, 5.41) is 11.5. The van der Waals surface area contributed by atoms with Crippen LogP contribution in [0.3, 0.4) is 0 Å². The largest absolute Gasteiger partial charge is 0.474 e. The van der Waals surface area contributed by atoms with Crippen molar-refractivity contribution in [1.82, 2.24) is 9.21 Å². The van der Waals surface area contributed by atoms with Gasteiger partial charge in [0.2, 0.25) is 10.0 Å². The number of piperidine rings is 1. The van der Waals surface area contributed by atoms with Crippen molar-refractivity contribution in [3.63, 3.8) is 0 Å². The maximum Gasteiger partial charge on any atom is 0.312 e. The van der Waals surface area contributed by atoms with Gasteiger partial charge < -0.3 is 9.64 Å². The van der Waals surface area contributed by atoms with E-state index in [1.54, 1.807) is 25.7 Å². The first kappa shape index (κ1) is 22.1. The molecule has 0 unspecified atom stereocenters. The number of hydrogen-bond donors (Lipinski definition) is 0. The molecule has 0 bridgehead atoms. The molecule has 1 aromatic carbocycles. The smallest absolute Gasteiger partial charge is 0.312 e. The van der Waals surface area contributed by atoms with Crippen LogP contribution in [0.1, 0.15) is 40.0 Å². The van der Waals surface area contributed by atoms with Gasteiger partial charge in [0.15, 0.2) is 11.9 Å². The van der Waals surface area contributed by atoms with Gasteiger partial charge in [0.05, 0.1) is 9.82 Å². The lowest BCUT2D eigenvalue weighted by molar-refractivity contribution is -0.386. The molecule has 1 aromatic rings. The third kappa shape index (κ3) is 4.79. The van der Waals surface area contributed by atoms with Crippen molar-refractivity contribution in [2.24, 2.45) is 0 Å². The summed E-state index contributed by atoms with van der Waals surface area (Å²) in [4.78, 5) is 24.8. The fourth-order valence-corrected chi connectivity index (χ4v) is 4.70. The molecule has 0 N–H and O–H groups in total. The molecule has 0 aromatic heterocycles. The van der Waals surface area contributed by atoms with Crippen LogP contribution in [0.2, 0.25) is 0 Å². The molecule has 1 saturated heterocycles. The lowest BCUT2D eigenvalue weighted by Crippen LogP contribution is -2.43. The highest BCUT2D eigenvalue weighted by Gasteiger charge is 2.29. The summed E-state index contributed by atoms with van der Waals surface area (Å²) in [6.45, 7) is 6.74. The van der Waals surface area contributed by atoms with Crippen molar-refractivity contribution in [2.45, 2.75) is 51.0 Å². The number of likely N-dealkylation sites (tertiary alicyclic amines) is 1. The van der Waals surface area contributed by atoms with Gasteiger partial charge in [0, 0.05) is 32.2 Å². The molecule has 1 fully saturated rings. The number of carbonyl (C=O) groups is 1. The van der Waals surface area contributed by atoms with E-state index in [-0.39, 0.29) is 29.6 Å². The van der Waals surface area contributed by atoms with Crippen LogP contribution in [0.15, 0.2) is 23.1 Å². The normalized spacial score (nSPS) is 16.1. The monoisotopic (exact) mass is 413 g/mol. The molecule has 1 aliphatic heterocycles. The Labute approximate surface area is 165 Å². The Hall–Kier alpha value is -2.20. The van der Waals surface area contributed by atoms with Crippen LogP contribution in [0.5, 0.6) is 5.75 Å². The van der Waals surface area contributed by atoms with Crippen LogP contribution < -0.4 is 4.74 Å². The van der Waals surface area contributed by atoms with Gasteiger partial charge in [-0.1, -0.05) is 13.8 Å². The number of ether oxygens (including phenoxy) is 1. The van der Waals surface area contributed by atoms with Gasteiger partial charge in [0.1, 0.15) is 0 Å². The maximum absolute atomic E-state index is 12.6. The minimum Gasteiger partial charge on any atom is -0.474 e. The van der Waals surface area contributed by atoms with Gasteiger partial charge in [-0.25, -0.2) is 8.42 Å². The number of rotatable bonds is 8. The molecule has 0 aliphatic carbocycles. The standard InChI is InChI=1S/C18H27N3O6S/c1-4-20(5-2)28(25,26)15-9-10-17(16(13-15)21(23)24)27-14(3)18(22)19-11-7-6-8-12-19/h9-10,13-14H,4-8,11-12H2,1-3H3/t14-/m0/s1. The number of sulfonamides is 1. The minimum atomic E-state index is -3.84. The van der Waals surface area contributed by atoms with E-state index < -0.39 is 26.7 Å². The maximum atomic E-state index is 12.6. The molecule has 2 rings (SSSR count). The van der Waals surface area contributed by atoms with Crippen molar-refractivity contribution < 1.29 is 22.9 Å². The summed E-state index contributed by atoms with van der Waals surface area (Å²) in [6, 6.07) is 3.50. The Balaban J connectivity index is 2.28. The van der Waals surface area contributed by atoms with Gasteiger partial charge in [0.25, 0.3) is 5.91 Å². The molecule has 1 heterocycles. The lowest BCUT2D eigenvalue weighted by atomic mass is 10.1. The van der Waals surface area contributed by atoms with E-state index in [2.05, 4.69) is 0 Å². The first-order chi connectivity index (χ1) is 13.2. The Morgan fingerprint density at radius 1 is 1.25 bits per heavy atom. The van der Waals surface area contributed by atoms with E-state index in [0.717, 1.165) is 25.3 Å². The van der Waals surface area contributed by atoms with Crippen molar-refractivity contribution >= 4 is 21.6 Å². The molecule has 1 amide bonds. The number of nitrogens with zero attached hydrogens (tertiary/aromatic N) is 3. The second kappa shape index (κ2) is 9.33. The van der Waals surface area contributed by atoms with Crippen molar-refractivity contribution in [1.29, 1.82) is 0 Å². The van der Waals surface area contributed by atoms with Crippen molar-refractivity contribution in [3.05, 3.63) is 28.3 Å². The Morgan fingerprint density at radius 2 is 1.86 bits per heavy atom. The summed E-state index contributed by atoms with van der Waals surface area (Å²) in [6.07, 6.45) is 2.03. The highest BCUT2D eigenvalue weighted by atomic mass is 32.2. The third-order valence-corrected chi connectivity index (χ3v) is 6.84. The zero-order valence-electron chi connectivity index (χ0n) is 16.5. The predicted octanol–water partition coefficient (Wildman–Crippen LogP) is 2.41. The Bertz CT molecular complexity index is 817. The fraction of sp³-hybridized carbons (Fsp3) is 0.611. The van der Waals surface area contributed by atoms with Crippen LogP contribution >= 0.6 is 0 Å². The highest BCUT2D eigenvalue weighted by Crippen LogP contribution is 2.32. The first-order valence-corrected chi connectivity index (χ1v) is 10.9. The van der Waals surface area contributed by atoms with Crippen LogP contribution in [-0.4, -0.2) is 60.7 Å². The average molecular weight is 413 g/mol. The van der Waals surface area contributed by atoms with Crippen LogP contribution in [0.25, 0.3) is 0 Å². The van der Waals surface area contributed by atoms with Crippen molar-refractivity contribution in [2.75, 3.05) is 26.2 Å². The predicted molar refractivity (Wildman–Crippen MR) is 104 cm³/mol. The van der Waals surface area contributed by atoms with Crippen LogP contribution in [0.4, 0.5) is 5.69 Å². The summed E-state index contributed by atoms with van der Waals surface area (Å²) >= 11 is 0. The van der Waals surface area contributed by atoms with Crippen molar-refractivity contribution in [3.8, 4) is 5.75 Å². The number of nitro benzene ring substituents is 1. The van der Waals surface area contributed by atoms with Crippen LogP contribution in [-0.2, 0) is 14.8 Å². The summed E-state index contributed by atoms with van der Waals surface area (Å²) < 4.78 is 32.0. The number of carbonyl (C=O) groups excluding carboxylic acids is 1. The molecule has 0 saturated carbocycles. The number of nitro groups is 1. The van der Waals surface area contributed by atoms with E-state index >= 15 is 0 Å². The number of amides is 1. The molecule has 156 valence electrons. The highest BCUT2D eigenvalue weighted by molar-refractivity contribution is 7.89. The van der Waals surface area contributed by atoms with Gasteiger partial charge >= 0.3 is 5.69 Å². The Kier molecular flexibility index (Phi) is 7.36. The van der Waals surface area contributed by atoms with E-state index in [9.17, 15) is 23.3 Å². The molecular formula is C18H27N3O6S. The molecule has 28 heavy (non-hydrogen) atoms. The zero-order valence-corrected chi connectivity index (χ0v) is 17.3. The van der Waals surface area contributed by atoms with Gasteiger partial charge in [-0.15, -0.1) is 0 Å². The number of hydrogen-bond acceptors (Lipinski definition) is 6. The number of benzene rings is 1. The quantitative estimate of drug-likeness (QED) is 0.478. The molecular weight excluding hydrogens is 386 g/mol. The van der Waals surface area contributed by atoms with E-state index in [1.165, 1.54) is 16.4 Å². The van der Waals surface area contributed by atoms with Gasteiger partial charge in [-0.3, -0.25) is 14.9 Å². The van der Waals surface area contributed by atoms with Gasteiger partial charge in [-0.2, -0.15) is 4.31 Å². The SMILES string of the molecule is CCN(CC)S(=O)(=O)c1ccc(O[C@@H](C)C(=O)N2CCCCC2)c([N+](=O)[O-])c1. The second-order valence-electron chi connectivity index (χ2n) is 6.62. The summed E-state index contributed by atoms with van der Waals surface area (Å²) in [7, 11) is -3.84. The van der Waals surface area contributed by atoms with Crippen LogP contribution in [0, 0.1) is 10.1 Å². The lowest BCUT2D eigenvalue weighted by Gasteiger charge is -2.29. The molecule has 0 spiro atoms. The second-order valence-corrected chi connectivity index (χ2v) is 8.56. The minimum absolute atomic E-state index is 0.124. The summed E-state index contributed by atoms with van der Waals surface area (Å²) in [5.41, 5.74) is -0.480. The molecule has 1 aliphatic rings. The molecule has 9 nitrogen and oxygen atoms in total. The molecule has 1 atom stereocenters. The van der Waals surface area contributed by atoms with Gasteiger partial charge in [-0.05, 0) is 38.3 Å². The third-order valence-electron chi connectivity index (χ3n) is 4.79.